The van der Waals surface area contributed by atoms with Gasteiger partial charge < -0.3 is 15.4 Å². The van der Waals surface area contributed by atoms with Crippen LogP contribution in [0, 0.1) is 13.8 Å². The summed E-state index contributed by atoms with van der Waals surface area (Å²) in [5, 5.41) is 10.5. The molecule has 0 saturated carbocycles. The highest BCUT2D eigenvalue weighted by atomic mass is 16.5. The van der Waals surface area contributed by atoms with Crippen LogP contribution >= 0.6 is 0 Å². The van der Waals surface area contributed by atoms with Gasteiger partial charge in [0.1, 0.15) is 5.75 Å². The lowest BCUT2D eigenvalue weighted by molar-refractivity contribution is 0.248. The first-order valence-corrected chi connectivity index (χ1v) is 8.83. The van der Waals surface area contributed by atoms with Crippen LogP contribution in [0.25, 0.3) is 0 Å². The monoisotopic (exact) mass is 342 g/mol. The molecule has 1 atom stereocenters. The number of nitrogens with zero attached hydrogens (tertiary/aromatic N) is 2. The maximum absolute atomic E-state index is 12.5. The lowest BCUT2D eigenvalue weighted by atomic mass is 10.0. The van der Waals surface area contributed by atoms with Crippen LogP contribution in [0.15, 0.2) is 18.2 Å². The highest BCUT2D eigenvalue weighted by Gasteiger charge is 2.21. The molecule has 1 aromatic carbocycles. The van der Waals surface area contributed by atoms with Crippen LogP contribution in [-0.2, 0) is 13.5 Å². The van der Waals surface area contributed by atoms with Crippen molar-refractivity contribution in [3.63, 3.8) is 0 Å². The van der Waals surface area contributed by atoms with Gasteiger partial charge in [-0.25, -0.2) is 4.79 Å². The molecular formula is C19H26N4O2. The molecule has 1 aliphatic heterocycles. The Bertz CT molecular complexity index is 782. The van der Waals surface area contributed by atoms with E-state index < -0.39 is 0 Å². The summed E-state index contributed by atoms with van der Waals surface area (Å²) in [6, 6.07) is 5.54. The van der Waals surface area contributed by atoms with Gasteiger partial charge in [-0.05, 0) is 56.9 Å². The number of fused-ring (bicyclic) bond motifs is 1. The fourth-order valence-electron chi connectivity index (χ4n) is 3.44. The van der Waals surface area contributed by atoms with Gasteiger partial charge in [-0.1, -0.05) is 6.92 Å². The van der Waals surface area contributed by atoms with E-state index in [2.05, 4.69) is 22.7 Å². The van der Waals surface area contributed by atoms with Crippen molar-refractivity contribution in [2.24, 2.45) is 7.05 Å². The maximum atomic E-state index is 12.5. The lowest BCUT2D eigenvalue weighted by Crippen LogP contribution is -2.33. The molecule has 0 radical (unpaired) electrons. The largest absolute Gasteiger partial charge is 0.493 e. The zero-order valence-electron chi connectivity index (χ0n) is 15.3. The van der Waals surface area contributed by atoms with Crippen LogP contribution in [-0.4, -0.2) is 22.4 Å². The first kappa shape index (κ1) is 17.3. The number of amides is 2. The maximum Gasteiger partial charge on any atom is 0.319 e. The Hall–Kier alpha value is -2.50. The SMILES string of the molecule is CC[C@H](NC(=O)Nc1ccc2c(c1)CCCO2)c1c(C)nn(C)c1C. The Labute approximate surface area is 148 Å². The van der Waals surface area contributed by atoms with Crippen LogP contribution < -0.4 is 15.4 Å². The predicted octanol–water partition coefficient (Wildman–Crippen LogP) is 3.63. The second-order valence-electron chi connectivity index (χ2n) is 6.54. The van der Waals surface area contributed by atoms with E-state index in [0.29, 0.717) is 0 Å². The van der Waals surface area contributed by atoms with Crippen LogP contribution in [0.2, 0.25) is 0 Å². The molecule has 2 heterocycles. The summed E-state index contributed by atoms with van der Waals surface area (Å²) < 4.78 is 7.47. The third-order valence-corrected chi connectivity index (χ3v) is 4.79. The molecule has 25 heavy (non-hydrogen) atoms. The van der Waals surface area contributed by atoms with Crippen molar-refractivity contribution < 1.29 is 9.53 Å². The summed E-state index contributed by atoms with van der Waals surface area (Å²) >= 11 is 0. The van der Waals surface area contributed by atoms with Crippen LogP contribution in [0.1, 0.15) is 48.3 Å². The zero-order valence-corrected chi connectivity index (χ0v) is 15.3. The smallest absolute Gasteiger partial charge is 0.319 e. The molecule has 0 bridgehead atoms. The van der Waals surface area contributed by atoms with Crippen molar-refractivity contribution in [3.8, 4) is 5.75 Å². The molecule has 2 aromatic rings. The highest BCUT2D eigenvalue weighted by Crippen LogP contribution is 2.28. The number of rotatable bonds is 4. The molecular weight excluding hydrogens is 316 g/mol. The minimum Gasteiger partial charge on any atom is -0.493 e. The third kappa shape index (κ3) is 3.62. The molecule has 3 rings (SSSR count). The Morgan fingerprint density at radius 3 is 2.88 bits per heavy atom. The molecule has 0 unspecified atom stereocenters. The van der Waals surface area contributed by atoms with E-state index in [1.165, 1.54) is 0 Å². The Balaban J connectivity index is 1.70. The summed E-state index contributed by atoms with van der Waals surface area (Å²) in [4.78, 5) is 12.5. The third-order valence-electron chi connectivity index (χ3n) is 4.79. The van der Waals surface area contributed by atoms with Crippen molar-refractivity contribution in [2.75, 3.05) is 11.9 Å². The van der Waals surface area contributed by atoms with E-state index >= 15 is 0 Å². The standard InChI is InChI=1S/C19H26N4O2/c1-5-16(18-12(2)22-23(4)13(18)3)21-19(24)20-15-8-9-17-14(11-15)7-6-10-25-17/h8-9,11,16H,5-7,10H2,1-4H3,(H2,20,21,24)/t16-/m0/s1. The number of hydrogen-bond acceptors (Lipinski definition) is 3. The second kappa shape index (κ2) is 7.17. The molecule has 0 fully saturated rings. The molecule has 134 valence electrons. The van der Waals surface area contributed by atoms with Gasteiger partial charge in [0.15, 0.2) is 0 Å². The highest BCUT2D eigenvalue weighted by molar-refractivity contribution is 5.89. The Kier molecular flexibility index (Phi) is 4.97. The zero-order chi connectivity index (χ0) is 18.0. The van der Waals surface area contributed by atoms with Crippen LogP contribution in [0.3, 0.4) is 0 Å². The second-order valence-corrected chi connectivity index (χ2v) is 6.54. The fraction of sp³-hybridized carbons (Fsp3) is 0.474. The fourth-order valence-corrected chi connectivity index (χ4v) is 3.44. The minimum absolute atomic E-state index is 0.0605. The van der Waals surface area contributed by atoms with Crippen LogP contribution in [0.4, 0.5) is 10.5 Å². The molecule has 0 aliphatic carbocycles. The first-order chi connectivity index (χ1) is 12.0. The molecule has 1 aromatic heterocycles. The van der Waals surface area contributed by atoms with E-state index in [4.69, 9.17) is 4.74 Å². The molecule has 2 N–H and O–H groups in total. The predicted molar refractivity (Wildman–Crippen MR) is 98.1 cm³/mol. The van der Waals surface area contributed by atoms with Crippen molar-refractivity contribution in [1.29, 1.82) is 0 Å². The molecule has 0 spiro atoms. The number of carbonyl (C=O) groups excluding carboxylic acids is 1. The number of urea groups is 1. The number of nitrogens with one attached hydrogen (secondary N) is 2. The van der Waals surface area contributed by atoms with E-state index in [1.54, 1.807) is 0 Å². The summed E-state index contributed by atoms with van der Waals surface area (Å²) in [5.74, 6) is 0.922. The van der Waals surface area contributed by atoms with Crippen molar-refractivity contribution in [2.45, 2.75) is 46.1 Å². The van der Waals surface area contributed by atoms with Crippen LogP contribution in [0.5, 0.6) is 5.75 Å². The molecule has 1 aliphatic rings. The van der Waals surface area contributed by atoms with Gasteiger partial charge in [0.2, 0.25) is 0 Å². The number of anilines is 1. The number of aryl methyl sites for hydroxylation is 3. The van der Waals surface area contributed by atoms with Gasteiger partial charge in [0, 0.05) is 24.0 Å². The number of carbonyl (C=O) groups is 1. The number of hydrogen-bond donors (Lipinski definition) is 2. The van der Waals surface area contributed by atoms with Gasteiger partial charge >= 0.3 is 6.03 Å². The summed E-state index contributed by atoms with van der Waals surface area (Å²) in [6.07, 6.45) is 2.80. The van der Waals surface area contributed by atoms with Crippen molar-refractivity contribution in [3.05, 3.63) is 40.7 Å². The van der Waals surface area contributed by atoms with E-state index in [0.717, 1.165) is 59.8 Å². The molecule has 6 heteroatoms. The van der Waals surface area contributed by atoms with Gasteiger partial charge in [-0.3, -0.25) is 4.68 Å². The molecule has 0 saturated heterocycles. The minimum atomic E-state index is -0.203. The summed E-state index contributed by atoms with van der Waals surface area (Å²) in [5.41, 5.74) is 5.07. The quantitative estimate of drug-likeness (QED) is 0.891. The summed E-state index contributed by atoms with van der Waals surface area (Å²) in [6.45, 7) is 6.84. The van der Waals surface area contributed by atoms with E-state index in [-0.39, 0.29) is 12.1 Å². The molecule has 2 amide bonds. The molecule has 6 nitrogen and oxygen atoms in total. The van der Waals surface area contributed by atoms with Gasteiger partial charge in [-0.15, -0.1) is 0 Å². The first-order valence-electron chi connectivity index (χ1n) is 8.83. The average molecular weight is 342 g/mol. The van der Waals surface area contributed by atoms with Gasteiger partial charge in [0.25, 0.3) is 0 Å². The topological polar surface area (TPSA) is 68.2 Å². The van der Waals surface area contributed by atoms with E-state index in [1.807, 2.05) is 43.8 Å². The summed E-state index contributed by atoms with van der Waals surface area (Å²) in [7, 11) is 1.92. The van der Waals surface area contributed by atoms with E-state index in [9.17, 15) is 4.79 Å². The number of aromatic nitrogens is 2. The van der Waals surface area contributed by atoms with Crippen molar-refractivity contribution in [1.82, 2.24) is 15.1 Å². The Morgan fingerprint density at radius 2 is 2.20 bits per heavy atom. The number of ether oxygens (including phenoxy) is 1. The van der Waals surface area contributed by atoms with Gasteiger partial charge in [-0.2, -0.15) is 5.10 Å². The Morgan fingerprint density at radius 1 is 1.40 bits per heavy atom. The number of benzene rings is 1. The normalized spacial score (nSPS) is 14.4. The van der Waals surface area contributed by atoms with Gasteiger partial charge in [0.05, 0.1) is 18.3 Å². The van der Waals surface area contributed by atoms with Crippen molar-refractivity contribution >= 4 is 11.7 Å². The average Bonchev–Trinajstić information content (AvgIpc) is 2.85. The lowest BCUT2D eigenvalue weighted by Gasteiger charge is -2.20.